The first kappa shape index (κ1) is 19.2. The Bertz CT molecular complexity index is 993. The van der Waals surface area contributed by atoms with Crippen LogP contribution in [0.2, 0.25) is 0 Å². The number of fused-ring (bicyclic) bond motifs is 2. The molecule has 1 atom stereocenters. The summed E-state index contributed by atoms with van der Waals surface area (Å²) in [6.45, 7) is 3.34. The maximum Gasteiger partial charge on any atom is 0.252 e. The summed E-state index contributed by atoms with van der Waals surface area (Å²) in [5.41, 5.74) is 2.09. The average molecular weight is 427 g/mol. The third kappa shape index (κ3) is 3.83. The topological polar surface area (TPSA) is 89.1 Å². The Kier molecular flexibility index (Phi) is 5.24. The SMILES string of the molecule is O=C(NCc1ccc2c(c1)OCO2)c1ccc2c(c1)NC(=O)C(N1CCOCC1)S2. The molecule has 3 heterocycles. The second-order valence-corrected chi connectivity index (χ2v) is 8.31. The largest absolute Gasteiger partial charge is 0.454 e. The van der Waals surface area contributed by atoms with Crippen molar-refractivity contribution in [2.24, 2.45) is 0 Å². The molecule has 2 aromatic carbocycles. The van der Waals surface area contributed by atoms with E-state index in [-0.39, 0.29) is 24.0 Å². The molecule has 0 radical (unpaired) electrons. The molecule has 30 heavy (non-hydrogen) atoms. The maximum absolute atomic E-state index is 12.6. The normalized spacial score (nSPS) is 20.4. The number of hydrogen-bond donors (Lipinski definition) is 2. The lowest BCUT2D eigenvalue weighted by atomic mass is 10.1. The number of thioether (sulfide) groups is 1. The highest BCUT2D eigenvalue weighted by molar-refractivity contribution is 8.00. The third-order valence-corrected chi connectivity index (χ3v) is 6.58. The van der Waals surface area contributed by atoms with Crippen LogP contribution >= 0.6 is 11.8 Å². The van der Waals surface area contributed by atoms with E-state index < -0.39 is 0 Å². The second kappa shape index (κ2) is 8.17. The number of nitrogens with zero attached hydrogens (tertiary/aromatic N) is 1. The third-order valence-electron chi connectivity index (χ3n) is 5.23. The molecule has 156 valence electrons. The van der Waals surface area contributed by atoms with Crippen molar-refractivity contribution < 1.29 is 23.8 Å². The van der Waals surface area contributed by atoms with Crippen LogP contribution in [0.4, 0.5) is 5.69 Å². The average Bonchev–Trinajstić information content (AvgIpc) is 3.25. The van der Waals surface area contributed by atoms with Crippen molar-refractivity contribution in [2.45, 2.75) is 16.8 Å². The van der Waals surface area contributed by atoms with Gasteiger partial charge in [-0.1, -0.05) is 17.8 Å². The summed E-state index contributed by atoms with van der Waals surface area (Å²) in [4.78, 5) is 28.3. The number of morpholine rings is 1. The minimum Gasteiger partial charge on any atom is -0.454 e. The summed E-state index contributed by atoms with van der Waals surface area (Å²) >= 11 is 1.51. The molecule has 0 bridgehead atoms. The number of benzene rings is 2. The molecule has 0 aliphatic carbocycles. The van der Waals surface area contributed by atoms with E-state index in [1.54, 1.807) is 12.1 Å². The van der Waals surface area contributed by atoms with Gasteiger partial charge < -0.3 is 24.8 Å². The second-order valence-electron chi connectivity index (χ2n) is 7.19. The molecule has 0 spiro atoms. The molecule has 8 nitrogen and oxygen atoms in total. The highest BCUT2D eigenvalue weighted by Crippen LogP contribution is 2.38. The molecule has 2 aromatic rings. The molecule has 0 saturated carbocycles. The zero-order chi connectivity index (χ0) is 20.5. The van der Waals surface area contributed by atoms with Crippen LogP contribution in [0.1, 0.15) is 15.9 Å². The number of carbonyl (C=O) groups is 2. The predicted molar refractivity (Wildman–Crippen MR) is 111 cm³/mol. The molecule has 9 heteroatoms. The molecule has 5 rings (SSSR count). The van der Waals surface area contributed by atoms with Crippen molar-refractivity contribution in [3.8, 4) is 11.5 Å². The fourth-order valence-corrected chi connectivity index (χ4v) is 4.78. The molecule has 3 aliphatic rings. The van der Waals surface area contributed by atoms with Crippen molar-refractivity contribution >= 4 is 29.3 Å². The van der Waals surface area contributed by atoms with E-state index in [0.717, 1.165) is 23.5 Å². The van der Waals surface area contributed by atoms with Crippen molar-refractivity contribution in [1.29, 1.82) is 0 Å². The van der Waals surface area contributed by atoms with E-state index in [2.05, 4.69) is 15.5 Å². The lowest BCUT2D eigenvalue weighted by Gasteiger charge is -2.35. The summed E-state index contributed by atoms with van der Waals surface area (Å²) in [5, 5.41) is 5.59. The van der Waals surface area contributed by atoms with Gasteiger partial charge in [0.2, 0.25) is 6.79 Å². The molecule has 1 unspecified atom stereocenters. The number of hydrogen-bond acceptors (Lipinski definition) is 7. The summed E-state index contributed by atoms with van der Waals surface area (Å²) in [6.07, 6.45) is 0. The zero-order valence-electron chi connectivity index (χ0n) is 16.2. The van der Waals surface area contributed by atoms with E-state index in [4.69, 9.17) is 14.2 Å². The molecule has 3 aliphatic heterocycles. The molecule has 1 fully saturated rings. The minimum atomic E-state index is -0.271. The fourth-order valence-electron chi connectivity index (χ4n) is 3.63. The van der Waals surface area contributed by atoms with E-state index in [1.807, 2.05) is 24.3 Å². The van der Waals surface area contributed by atoms with E-state index in [9.17, 15) is 9.59 Å². The Morgan fingerprint density at radius 3 is 2.83 bits per heavy atom. The van der Waals surface area contributed by atoms with Crippen LogP contribution in [-0.4, -0.2) is 55.2 Å². The molecule has 2 N–H and O–H groups in total. The lowest BCUT2D eigenvalue weighted by molar-refractivity contribution is -0.119. The van der Waals surface area contributed by atoms with Gasteiger partial charge in [-0.05, 0) is 35.9 Å². The molecular formula is C21H21N3O5S. The smallest absolute Gasteiger partial charge is 0.252 e. The number of carbonyl (C=O) groups excluding carboxylic acids is 2. The highest BCUT2D eigenvalue weighted by Gasteiger charge is 2.33. The van der Waals surface area contributed by atoms with Gasteiger partial charge in [-0.15, -0.1) is 0 Å². The predicted octanol–water partition coefficient (Wildman–Crippen LogP) is 2.05. The molecule has 0 aromatic heterocycles. The van der Waals surface area contributed by atoms with Crippen LogP contribution in [-0.2, 0) is 16.1 Å². The Morgan fingerprint density at radius 2 is 1.97 bits per heavy atom. The summed E-state index contributed by atoms with van der Waals surface area (Å²) in [6, 6.07) is 11.0. The van der Waals surface area contributed by atoms with Gasteiger partial charge in [-0.2, -0.15) is 0 Å². The van der Waals surface area contributed by atoms with Gasteiger partial charge >= 0.3 is 0 Å². The van der Waals surface area contributed by atoms with Crippen LogP contribution in [0.5, 0.6) is 11.5 Å². The van der Waals surface area contributed by atoms with Gasteiger partial charge in [0.05, 0.1) is 18.9 Å². The zero-order valence-corrected chi connectivity index (χ0v) is 17.0. The Hall–Kier alpha value is -2.75. The standard InChI is InChI=1S/C21H21N3O5S/c25-19(22-11-13-1-3-16-17(9-13)29-12-28-16)14-2-4-18-15(10-14)23-20(26)21(30-18)24-5-7-27-8-6-24/h1-4,9-10,21H,5-8,11-12H2,(H,22,25)(H,23,26). The number of rotatable bonds is 4. The first-order valence-corrected chi connectivity index (χ1v) is 10.7. The van der Waals surface area contributed by atoms with Gasteiger partial charge in [-0.25, -0.2) is 0 Å². The van der Waals surface area contributed by atoms with Crippen LogP contribution < -0.4 is 20.1 Å². The van der Waals surface area contributed by atoms with Crippen molar-refractivity contribution in [3.05, 3.63) is 47.5 Å². The molecule has 2 amide bonds. The Labute approximate surface area is 177 Å². The number of nitrogens with one attached hydrogen (secondary N) is 2. The lowest BCUT2D eigenvalue weighted by Crippen LogP contribution is -2.48. The Balaban J connectivity index is 1.25. The van der Waals surface area contributed by atoms with Gasteiger partial charge in [0.15, 0.2) is 11.5 Å². The van der Waals surface area contributed by atoms with Crippen LogP contribution in [0, 0.1) is 0 Å². The Morgan fingerprint density at radius 1 is 1.13 bits per heavy atom. The van der Waals surface area contributed by atoms with E-state index >= 15 is 0 Å². The molecule has 1 saturated heterocycles. The van der Waals surface area contributed by atoms with Crippen molar-refractivity contribution in [3.63, 3.8) is 0 Å². The number of ether oxygens (including phenoxy) is 3. The van der Waals surface area contributed by atoms with Gasteiger partial charge in [0.25, 0.3) is 11.8 Å². The summed E-state index contributed by atoms with van der Waals surface area (Å²) in [5.74, 6) is 1.13. The van der Waals surface area contributed by atoms with Gasteiger partial charge in [0, 0.05) is 30.1 Å². The van der Waals surface area contributed by atoms with Crippen LogP contribution in [0.15, 0.2) is 41.3 Å². The number of anilines is 1. The first-order valence-electron chi connectivity index (χ1n) is 9.77. The highest BCUT2D eigenvalue weighted by atomic mass is 32.2. The minimum absolute atomic E-state index is 0.0627. The van der Waals surface area contributed by atoms with Crippen LogP contribution in [0.3, 0.4) is 0 Å². The van der Waals surface area contributed by atoms with Crippen molar-refractivity contribution in [1.82, 2.24) is 10.2 Å². The van der Waals surface area contributed by atoms with Gasteiger partial charge in [0.1, 0.15) is 5.37 Å². The molecular weight excluding hydrogens is 406 g/mol. The van der Waals surface area contributed by atoms with Crippen LogP contribution in [0.25, 0.3) is 0 Å². The van der Waals surface area contributed by atoms with Crippen molar-refractivity contribution in [2.75, 3.05) is 38.4 Å². The monoisotopic (exact) mass is 427 g/mol. The summed E-state index contributed by atoms with van der Waals surface area (Å²) < 4.78 is 16.0. The number of amides is 2. The quantitative estimate of drug-likeness (QED) is 0.772. The van der Waals surface area contributed by atoms with E-state index in [0.29, 0.717) is 42.5 Å². The maximum atomic E-state index is 12.6. The van der Waals surface area contributed by atoms with Gasteiger partial charge in [-0.3, -0.25) is 14.5 Å². The summed E-state index contributed by atoms with van der Waals surface area (Å²) in [7, 11) is 0. The fraction of sp³-hybridized carbons (Fsp3) is 0.333. The van der Waals surface area contributed by atoms with E-state index in [1.165, 1.54) is 11.8 Å². The first-order chi connectivity index (χ1) is 14.7.